The molecule has 2 rings (SSSR count). The van der Waals surface area contributed by atoms with Crippen molar-refractivity contribution in [2.75, 3.05) is 0 Å². The number of nitrogens with zero attached hydrogens (tertiary/aromatic N) is 4. The lowest BCUT2D eigenvalue weighted by atomic mass is 10.0. The van der Waals surface area contributed by atoms with Gasteiger partial charge in [-0.3, -0.25) is 4.79 Å². The molecule has 0 aliphatic rings. The minimum atomic E-state index is -0.0834. The average Bonchev–Trinajstić information content (AvgIpc) is 2.95. The molecule has 1 aromatic carbocycles. The maximum absolute atomic E-state index is 12.1. The van der Waals surface area contributed by atoms with Gasteiger partial charge in [-0.15, -0.1) is 10.2 Å². The minimum absolute atomic E-state index is 0.0834. The van der Waals surface area contributed by atoms with Gasteiger partial charge >= 0.3 is 0 Å². The van der Waals surface area contributed by atoms with Crippen LogP contribution >= 0.6 is 0 Å². The summed E-state index contributed by atoms with van der Waals surface area (Å²) in [6.07, 6.45) is 3.30. The number of aryl methyl sites for hydroxylation is 1. The van der Waals surface area contributed by atoms with Gasteiger partial charge in [0.2, 0.25) is 11.7 Å². The van der Waals surface area contributed by atoms with Crippen molar-refractivity contribution in [3.8, 4) is 11.4 Å². The molecule has 0 bridgehead atoms. The fraction of sp³-hybridized carbons (Fsp3) is 0.556. The highest BCUT2D eigenvalue weighted by molar-refractivity contribution is 5.75. The van der Waals surface area contributed by atoms with Crippen molar-refractivity contribution in [3.63, 3.8) is 0 Å². The number of rotatable bonds is 8. The Balaban J connectivity index is 1.83. The van der Waals surface area contributed by atoms with Gasteiger partial charge in [0.15, 0.2) is 0 Å². The zero-order valence-corrected chi connectivity index (χ0v) is 15.0. The molecule has 1 N–H and O–H groups in total. The summed E-state index contributed by atoms with van der Waals surface area (Å²) in [6.45, 7) is 8.58. The van der Waals surface area contributed by atoms with E-state index in [1.165, 1.54) is 16.8 Å². The topological polar surface area (TPSA) is 72.7 Å². The molecule has 1 aromatic heterocycles. The lowest BCUT2D eigenvalue weighted by Crippen LogP contribution is -2.35. The fourth-order valence-electron chi connectivity index (χ4n) is 2.48. The van der Waals surface area contributed by atoms with E-state index in [1.54, 1.807) is 0 Å². The number of hydrogen-bond acceptors (Lipinski definition) is 4. The summed E-state index contributed by atoms with van der Waals surface area (Å²) in [5.41, 5.74) is 2.08. The van der Waals surface area contributed by atoms with Crippen LogP contribution in [0.2, 0.25) is 0 Å². The summed E-state index contributed by atoms with van der Waals surface area (Å²) in [4.78, 5) is 13.4. The van der Waals surface area contributed by atoms with E-state index in [-0.39, 0.29) is 18.5 Å². The van der Waals surface area contributed by atoms with E-state index in [9.17, 15) is 4.79 Å². The van der Waals surface area contributed by atoms with E-state index in [1.807, 2.05) is 38.1 Å². The standard InChI is InChI=1S/C18H27N5O/c1-13(2)6-5-7-15(4)19-17(24)12-23-21-18(20-22-23)16-10-8-14(3)9-11-16/h8-11,13,15H,5-7,12H2,1-4H3,(H,19,24)/t15-/m0/s1. The van der Waals surface area contributed by atoms with Gasteiger partial charge < -0.3 is 5.32 Å². The predicted molar refractivity (Wildman–Crippen MR) is 94.3 cm³/mol. The monoisotopic (exact) mass is 329 g/mol. The number of hydrogen-bond donors (Lipinski definition) is 1. The zero-order chi connectivity index (χ0) is 17.5. The van der Waals surface area contributed by atoms with Crippen LogP contribution in [0.1, 0.15) is 45.6 Å². The SMILES string of the molecule is Cc1ccc(-c2nnn(CC(=O)N[C@@H](C)CCCC(C)C)n2)cc1. The molecule has 6 heteroatoms. The molecule has 1 heterocycles. The summed E-state index contributed by atoms with van der Waals surface area (Å²) in [5.74, 6) is 1.15. The molecule has 0 saturated carbocycles. The smallest absolute Gasteiger partial charge is 0.243 e. The molecule has 2 aromatic rings. The Kier molecular flexibility index (Phi) is 6.46. The van der Waals surface area contributed by atoms with Gasteiger partial charge in [0, 0.05) is 11.6 Å². The highest BCUT2D eigenvalue weighted by Gasteiger charge is 2.11. The maximum atomic E-state index is 12.1. The first kappa shape index (κ1) is 18.1. The van der Waals surface area contributed by atoms with Crippen molar-refractivity contribution in [2.45, 2.75) is 59.5 Å². The van der Waals surface area contributed by atoms with Crippen molar-refractivity contribution in [1.82, 2.24) is 25.5 Å². The normalized spacial score (nSPS) is 12.4. The highest BCUT2D eigenvalue weighted by atomic mass is 16.2. The van der Waals surface area contributed by atoms with Gasteiger partial charge in [0.1, 0.15) is 6.54 Å². The number of carbonyl (C=O) groups is 1. The summed E-state index contributed by atoms with van der Waals surface area (Å²) in [6, 6.07) is 8.07. The van der Waals surface area contributed by atoms with Crippen LogP contribution in [-0.4, -0.2) is 32.2 Å². The van der Waals surface area contributed by atoms with Gasteiger partial charge in [-0.05, 0) is 31.4 Å². The first-order valence-corrected chi connectivity index (χ1v) is 8.58. The number of carbonyl (C=O) groups excluding carboxylic acids is 1. The zero-order valence-electron chi connectivity index (χ0n) is 15.0. The van der Waals surface area contributed by atoms with Gasteiger partial charge in [-0.1, -0.05) is 56.5 Å². The van der Waals surface area contributed by atoms with Gasteiger partial charge in [0.25, 0.3) is 0 Å². The molecule has 24 heavy (non-hydrogen) atoms. The molecular formula is C18H27N5O. The van der Waals surface area contributed by atoms with Crippen molar-refractivity contribution in [3.05, 3.63) is 29.8 Å². The molecule has 0 aliphatic heterocycles. The van der Waals surface area contributed by atoms with Gasteiger partial charge in [-0.2, -0.15) is 4.80 Å². The Bertz CT molecular complexity index is 648. The fourth-order valence-corrected chi connectivity index (χ4v) is 2.48. The second-order valence-electron chi connectivity index (χ2n) is 6.80. The number of benzene rings is 1. The number of amides is 1. The van der Waals surface area contributed by atoms with Crippen LogP contribution < -0.4 is 5.32 Å². The molecule has 0 spiro atoms. The van der Waals surface area contributed by atoms with Crippen LogP contribution in [0.25, 0.3) is 11.4 Å². The number of tetrazole rings is 1. The second-order valence-corrected chi connectivity index (χ2v) is 6.80. The van der Waals surface area contributed by atoms with Crippen molar-refractivity contribution in [2.24, 2.45) is 5.92 Å². The van der Waals surface area contributed by atoms with Crippen molar-refractivity contribution >= 4 is 5.91 Å². The first-order chi connectivity index (χ1) is 11.4. The molecule has 0 radical (unpaired) electrons. The lowest BCUT2D eigenvalue weighted by molar-refractivity contribution is -0.122. The van der Waals surface area contributed by atoms with Crippen LogP contribution in [0.3, 0.4) is 0 Å². The number of nitrogens with one attached hydrogen (secondary N) is 1. The maximum Gasteiger partial charge on any atom is 0.243 e. The van der Waals surface area contributed by atoms with Crippen molar-refractivity contribution < 1.29 is 4.79 Å². The molecular weight excluding hydrogens is 302 g/mol. The molecule has 130 valence electrons. The molecule has 0 fully saturated rings. The van der Waals surface area contributed by atoms with E-state index >= 15 is 0 Å². The Labute approximate surface area is 143 Å². The van der Waals surface area contributed by atoms with Crippen molar-refractivity contribution in [1.29, 1.82) is 0 Å². The summed E-state index contributed by atoms with van der Waals surface area (Å²) in [7, 11) is 0. The van der Waals surface area contributed by atoms with Gasteiger partial charge in [0.05, 0.1) is 0 Å². The second kappa shape index (κ2) is 8.57. The van der Waals surface area contributed by atoms with Crippen LogP contribution in [0.5, 0.6) is 0 Å². The first-order valence-electron chi connectivity index (χ1n) is 8.58. The third-order valence-corrected chi connectivity index (χ3v) is 3.87. The van der Waals surface area contributed by atoms with Crippen LogP contribution in [0, 0.1) is 12.8 Å². The van der Waals surface area contributed by atoms with E-state index in [0.717, 1.165) is 18.4 Å². The summed E-state index contributed by atoms with van der Waals surface area (Å²) < 4.78 is 0. The van der Waals surface area contributed by atoms with E-state index in [0.29, 0.717) is 11.7 Å². The minimum Gasteiger partial charge on any atom is -0.352 e. The Morgan fingerprint density at radius 2 is 1.88 bits per heavy atom. The Morgan fingerprint density at radius 1 is 1.17 bits per heavy atom. The highest BCUT2D eigenvalue weighted by Crippen LogP contribution is 2.13. The van der Waals surface area contributed by atoms with Crippen LogP contribution in [0.15, 0.2) is 24.3 Å². The largest absolute Gasteiger partial charge is 0.352 e. The molecule has 1 atom stereocenters. The average molecular weight is 329 g/mol. The van der Waals surface area contributed by atoms with Crippen LogP contribution in [-0.2, 0) is 11.3 Å². The van der Waals surface area contributed by atoms with Crippen LogP contribution in [0.4, 0.5) is 0 Å². The Hall–Kier alpha value is -2.24. The number of aromatic nitrogens is 4. The van der Waals surface area contributed by atoms with Gasteiger partial charge in [-0.25, -0.2) is 0 Å². The summed E-state index contributed by atoms with van der Waals surface area (Å²) >= 11 is 0. The molecule has 0 aliphatic carbocycles. The third kappa shape index (κ3) is 5.76. The van der Waals surface area contributed by atoms with E-state index in [2.05, 4.69) is 34.6 Å². The third-order valence-electron chi connectivity index (χ3n) is 3.87. The molecule has 1 amide bonds. The van der Waals surface area contributed by atoms with E-state index in [4.69, 9.17) is 0 Å². The summed E-state index contributed by atoms with van der Waals surface area (Å²) in [5, 5.41) is 15.2. The Morgan fingerprint density at radius 3 is 2.54 bits per heavy atom. The lowest BCUT2D eigenvalue weighted by Gasteiger charge is -2.14. The predicted octanol–water partition coefficient (Wildman–Crippen LogP) is 2.98. The van der Waals surface area contributed by atoms with E-state index < -0.39 is 0 Å². The quantitative estimate of drug-likeness (QED) is 0.808. The molecule has 6 nitrogen and oxygen atoms in total. The molecule has 0 saturated heterocycles. The molecule has 0 unspecified atom stereocenters.